The predicted molar refractivity (Wildman–Crippen MR) is 104 cm³/mol. The van der Waals surface area contributed by atoms with Crippen LogP contribution in [-0.4, -0.2) is 27.9 Å². The number of aliphatic hydroxyl groups is 1. The van der Waals surface area contributed by atoms with E-state index in [-0.39, 0.29) is 13.2 Å². The van der Waals surface area contributed by atoms with Crippen molar-refractivity contribution in [2.45, 2.75) is 18.6 Å². The number of ether oxygens (including phenoxy) is 1. The molecule has 6 heteroatoms. The number of hydrogen-bond acceptors (Lipinski definition) is 3. The van der Waals surface area contributed by atoms with Gasteiger partial charge < -0.3 is 14.4 Å². The molecule has 1 N–H and O–H groups in total. The third kappa shape index (κ3) is 4.86. The van der Waals surface area contributed by atoms with Crippen LogP contribution in [0, 0.1) is 0 Å². The van der Waals surface area contributed by atoms with Crippen LogP contribution >= 0.6 is 23.2 Å². The highest BCUT2D eigenvalue weighted by Gasteiger charge is 2.32. The van der Waals surface area contributed by atoms with Gasteiger partial charge in [0.15, 0.2) is 0 Å². The first kappa shape index (κ1) is 18.9. The first-order valence-corrected chi connectivity index (χ1v) is 9.08. The number of halogens is 2. The summed E-state index contributed by atoms with van der Waals surface area (Å²) in [7, 11) is 0. The SMILES string of the molecule is OC(COCCc1ccccc1)(Cn1ccnc1)c1ccc(Cl)cc1Cl. The summed E-state index contributed by atoms with van der Waals surface area (Å²) in [6, 6.07) is 15.2. The molecule has 0 amide bonds. The van der Waals surface area contributed by atoms with Gasteiger partial charge in [-0.05, 0) is 24.1 Å². The standard InChI is InChI=1S/C20H20Cl2N2O2/c21-17-6-7-18(19(22)12-17)20(25,13-24-10-9-23-15-24)14-26-11-8-16-4-2-1-3-5-16/h1-7,9-10,12,15,25H,8,11,13-14H2. The van der Waals surface area contributed by atoms with Crippen LogP contribution in [0.4, 0.5) is 0 Å². The monoisotopic (exact) mass is 390 g/mol. The van der Waals surface area contributed by atoms with Gasteiger partial charge in [0.25, 0.3) is 0 Å². The lowest BCUT2D eigenvalue weighted by molar-refractivity contribution is -0.0616. The van der Waals surface area contributed by atoms with E-state index in [1.165, 1.54) is 5.56 Å². The molecule has 2 aromatic carbocycles. The second kappa shape index (κ2) is 8.69. The van der Waals surface area contributed by atoms with Crippen LogP contribution in [0.3, 0.4) is 0 Å². The third-order valence-electron chi connectivity index (χ3n) is 4.15. The molecular formula is C20H20Cl2N2O2. The first-order valence-electron chi connectivity index (χ1n) is 8.32. The highest BCUT2D eigenvalue weighted by atomic mass is 35.5. The molecule has 3 aromatic rings. The van der Waals surface area contributed by atoms with E-state index in [0.29, 0.717) is 22.2 Å². The quantitative estimate of drug-likeness (QED) is 0.582. The Morgan fingerprint density at radius 2 is 1.92 bits per heavy atom. The van der Waals surface area contributed by atoms with Crippen LogP contribution < -0.4 is 0 Å². The Hall–Kier alpha value is -1.85. The Labute approximate surface area is 163 Å². The van der Waals surface area contributed by atoms with Crippen LogP contribution in [-0.2, 0) is 23.3 Å². The second-order valence-electron chi connectivity index (χ2n) is 6.18. The zero-order chi connectivity index (χ0) is 18.4. The molecule has 0 aliphatic carbocycles. The molecule has 0 spiro atoms. The zero-order valence-corrected chi connectivity index (χ0v) is 15.7. The van der Waals surface area contributed by atoms with Gasteiger partial charge in [-0.1, -0.05) is 59.6 Å². The molecule has 4 nitrogen and oxygen atoms in total. The lowest BCUT2D eigenvalue weighted by atomic mass is 9.94. The van der Waals surface area contributed by atoms with E-state index in [9.17, 15) is 5.11 Å². The van der Waals surface area contributed by atoms with Crippen LogP contribution in [0.1, 0.15) is 11.1 Å². The van der Waals surface area contributed by atoms with Crippen molar-refractivity contribution in [3.05, 3.63) is 88.4 Å². The topological polar surface area (TPSA) is 47.3 Å². The van der Waals surface area contributed by atoms with Gasteiger partial charge in [0, 0.05) is 28.0 Å². The van der Waals surface area contributed by atoms with Crippen LogP contribution in [0.5, 0.6) is 0 Å². The van der Waals surface area contributed by atoms with Crippen molar-refractivity contribution < 1.29 is 9.84 Å². The van der Waals surface area contributed by atoms with Crippen LogP contribution in [0.15, 0.2) is 67.3 Å². The van der Waals surface area contributed by atoms with Gasteiger partial charge in [0.1, 0.15) is 5.60 Å². The average Bonchev–Trinajstić information content (AvgIpc) is 3.12. The number of hydrogen-bond donors (Lipinski definition) is 1. The molecule has 1 heterocycles. The zero-order valence-electron chi connectivity index (χ0n) is 14.2. The summed E-state index contributed by atoms with van der Waals surface area (Å²) in [6.07, 6.45) is 5.88. The minimum Gasteiger partial charge on any atom is -0.381 e. The minimum atomic E-state index is -1.29. The van der Waals surface area contributed by atoms with Crippen molar-refractivity contribution in [1.82, 2.24) is 9.55 Å². The van der Waals surface area contributed by atoms with Gasteiger partial charge in [0.05, 0.1) is 26.1 Å². The highest BCUT2D eigenvalue weighted by Crippen LogP contribution is 2.32. The fourth-order valence-electron chi connectivity index (χ4n) is 2.83. The predicted octanol–water partition coefficient (Wildman–Crippen LogP) is 4.34. The third-order valence-corrected chi connectivity index (χ3v) is 4.70. The van der Waals surface area contributed by atoms with Gasteiger partial charge in [-0.25, -0.2) is 4.98 Å². The lowest BCUT2D eigenvalue weighted by Gasteiger charge is -2.30. The molecule has 0 fully saturated rings. The number of nitrogens with zero attached hydrogens (tertiary/aromatic N) is 2. The Morgan fingerprint density at radius 1 is 1.12 bits per heavy atom. The molecule has 1 unspecified atom stereocenters. The van der Waals surface area contributed by atoms with Gasteiger partial charge in [-0.3, -0.25) is 0 Å². The molecule has 0 saturated heterocycles. The van der Waals surface area contributed by atoms with Crippen LogP contribution in [0.25, 0.3) is 0 Å². The van der Waals surface area contributed by atoms with E-state index in [2.05, 4.69) is 17.1 Å². The molecule has 136 valence electrons. The summed E-state index contributed by atoms with van der Waals surface area (Å²) in [5.74, 6) is 0. The summed E-state index contributed by atoms with van der Waals surface area (Å²) < 4.78 is 7.61. The molecule has 0 aliphatic rings. The molecule has 1 atom stereocenters. The molecule has 1 aromatic heterocycles. The van der Waals surface area contributed by atoms with Gasteiger partial charge in [-0.2, -0.15) is 0 Å². The highest BCUT2D eigenvalue weighted by molar-refractivity contribution is 6.35. The normalized spacial score (nSPS) is 13.5. The van der Waals surface area contributed by atoms with Gasteiger partial charge in [0.2, 0.25) is 0 Å². The molecule has 3 rings (SSSR count). The van der Waals surface area contributed by atoms with E-state index in [0.717, 1.165) is 6.42 Å². The van der Waals surface area contributed by atoms with Gasteiger partial charge in [-0.15, -0.1) is 0 Å². The largest absolute Gasteiger partial charge is 0.381 e. The molecule has 26 heavy (non-hydrogen) atoms. The fourth-order valence-corrected chi connectivity index (χ4v) is 3.42. The Balaban J connectivity index is 1.72. The molecule has 0 bridgehead atoms. The minimum absolute atomic E-state index is 0.110. The van der Waals surface area contributed by atoms with E-state index in [1.807, 2.05) is 18.2 Å². The first-order chi connectivity index (χ1) is 12.6. The Kier molecular flexibility index (Phi) is 6.33. The lowest BCUT2D eigenvalue weighted by Crippen LogP contribution is -2.37. The summed E-state index contributed by atoms with van der Waals surface area (Å²) in [5.41, 5.74) is 0.478. The maximum atomic E-state index is 11.3. The van der Waals surface area contributed by atoms with Crippen molar-refractivity contribution in [3.63, 3.8) is 0 Å². The summed E-state index contributed by atoms with van der Waals surface area (Å²) in [5, 5.41) is 12.3. The smallest absolute Gasteiger partial charge is 0.132 e. The molecule has 0 saturated carbocycles. The Morgan fingerprint density at radius 3 is 2.62 bits per heavy atom. The number of benzene rings is 2. The number of rotatable bonds is 8. The number of aromatic nitrogens is 2. The van der Waals surface area contributed by atoms with Crippen LogP contribution in [0.2, 0.25) is 10.0 Å². The fraction of sp³-hybridized carbons (Fsp3) is 0.250. The molecule has 0 aliphatic heterocycles. The van der Waals surface area contributed by atoms with Crippen molar-refractivity contribution in [3.8, 4) is 0 Å². The van der Waals surface area contributed by atoms with E-state index < -0.39 is 5.60 Å². The maximum Gasteiger partial charge on any atom is 0.132 e. The average molecular weight is 391 g/mol. The molecular weight excluding hydrogens is 371 g/mol. The summed E-state index contributed by atoms with van der Waals surface area (Å²) in [4.78, 5) is 4.03. The summed E-state index contributed by atoms with van der Waals surface area (Å²) >= 11 is 12.3. The van der Waals surface area contributed by atoms with Crippen molar-refractivity contribution >= 4 is 23.2 Å². The van der Waals surface area contributed by atoms with Crippen molar-refractivity contribution in [2.75, 3.05) is 13.2 Å². The van der Waals surface area contributed by atoms with Gasteiger partial charge >= 0.3 is 0 Å². The molecule has 0 radical (unpaired) electrons. The van der Waals surface area contributed by atoms with Crippen molar-refractivity contribution in [2.24, 2.45) is 0 Å². The van der Waals surface area contributed by atoms with E-state index in [4.69, 9.17) is 27.9 Å². The Bertz CT molecular complexity index is 825. The van der Waals surface area contributed by atoms with E-state index >= 15 is 0 Å². The van der Waals surface area contributed by atoms with E-state index in [1.54, 1.807) is 41.5 Å². The second-order valence-corrected chi connectivity index (χ2v) is 7.02. The number of imidazole rings is 1. The summed E-state index contributed by atoms with van der Waals surface area (Å²) in [6.45, 7) is 0.889. The van der Waals surface area contributed by atoms with Crippen molar-refractivity contribution in [1.29, 1.82) is 0 Å². The maximum absolute atomic E-state index is 11.3.